The number of carbonyl (C=O) groups excluding carboxylic acids is 1. The average molecular weight is 346 g/mol. The fourth-order valence-electron chi connectivity index (χ4n) is 2.50. The molecule has 2 amide bonds. The first-order chi connectivity index (χ1) is 10.6. The summed E-state index contributed by atoms with van der Waals surface area (Å²) in [5.74, 6) is 0. The minimum absolute atomic E-state index is 0.206. The molecule has 1 atom stereocenters. The van der Waals surface area contributed by atoms with E-state index in [0.29, 0.717) is 29.7 Å². The van der Waals surface area contributed by atoms with Crippen LogP contribution in [0.4, 0.5) is 4.79 Å². The third-order valence-electron chi connectivity index (χ3n) is 3.68. The molecular formula is C15H21Cl2N3O2. The monoisotopic (exact) mass is 345 g/mol. The van der Waals surface area contributed by atoms with Crippen LogP contribution in [-0.2, 0) is 10.3 Å². The third kappa shape index (κ3) is 4.26. The SMILES string of the molecule is CCNC(=O)NCC1(c2ccc(Cl)c(Cl)c2)CCNCCO1. The van der Waals surface area contributed by atoms with Crippen LogP contribution >= 0.6 is 23.2 Å². The summed E-state index contributed by atoms with van der Waals surface area (Å²) in [6, 6.07) is 5.27. The summed E-state index contributed by atoms with van der Waals surface area (Å²) in [6.45, 7) is 4.98. The maximum absolute atomic E-state index is 11.7. The molecule has 1 heterocycles. The number of nitrogens with one attached hydrogen (secondary N) is 3. The molecule has 1 aromatic rings. The zero-order chi connectivity index (χ0) is 16.0. The third-order valence-corrected chi connectivity index (χ3v) is 4.42. The lowest BCUT2D eigenvalue weighted by atomic mass is 9.90. The first kappa shape index (κ1) is 17.3. The van der Waals surface area contributed by atoms with Crippen LogP contribution in [0.3, 0.4) is 0 Å². The molecule has 5 nitrogen and oxygen atoms in total. The number of ether oxygens (including phenoxy) is 1. The van der Waals surface area contributed by atoms with Crippen molar-refractivity contribution in [3.8, 4) is 0 Å². The smallest absolute Gasteiger partial charge is 0.314 e. The number of hydrogen-bond donors (Lipinski definition) is 3. The van der Waals surface area contributed by atoms with Crippen molar-refractivity contribution in [2.24, 2.45) is 0 Å². The highest BCUT2D eigenvalue weighted by atomic mass is 35.5. The Morgan fingerprint density at radius 1 is 1.32 bits per heavy atom. The molecule has 3 N–H and O–H groups in total. The van der Waals surface area contributed by atoms with Gasteiger partial charge in [-0.15, -0.1) is 0 Å². The van der Waals surface area contributed by atoms with Crippen molar-refractivity contribution in [1.82, 2.24) is 16.0 Å². The molecular weight excluding hydrogens is 325 g/mol. The van der Waals surface area contributed by atoms with Crippen LogP contribution < -0.4 is 16.0 Å². The summed E-state index contributed by atoms with van der Waals surface area (Å²) in [4.78, 5) is 11.7. The predicted molar refractivity (Wildman–Crippen MR) is 88.7 cm³/mol. The number of rotatable bonds is 4. The van der Waals surface area contributed by atoms with Crippen molar-refractivity contribution in [2.45, 2.75) is 18.9 Å². The zero-order valence-corrected chi connectivity index (χ0v) is 14.1. The van der Waals surface area contributed by atoms with Crippen LogP contribution in [0, 0.1) is 0 Å². The van der Waals surface area contributed by atoms with E-state index in [1.807, 2.05) is 19.1 Å². The Bertz CT molecular complexity index is 518. The molecule has 7 heteroatoms. The van der Waals surface area contributed by atoms with E-state index >= 15 is 0 Å². The highest BCUT2D eigenvalue weighted by Gasteiger charge is 2.35. The number of urea groups is 1. The van der Waals surface area contributed by atoms with Crippen LogP contribution in [0.1, 0.15) is 18.9 Å². The summed E-state index contributed by atoms with van der Waals surface area (Å²) in [5, 5.41) is 9.88. The Balaban J connectivity index is 2.23. The summed E-state index contributed by atoms with van der Waals surface area (Å²) >= 11 is 12.1. The zero-order valence-electron chi connectivity index (χ0n) is 12.5. The van der Waals surface area contributed by atoms with Gasteiger partial charge in [0.1, 0.15) is 5.60 Å². The molecule has 122 valence electrons. The maximum Gasteiger partial charge on any atom is 0.314 e. The molecule has 1 fully saturated rings. The average Bonchev–Trinajstić information content (AvgIpc) is 2.75. The Hall–Kier alpha value is -1.01. The Kier molecular flexibility index (Phi) is 6.32. The molecule has 1 saturated heterocycles. The molecule has 22 heavy (non-hydrogen) atoms. The molecule has 1 aliphatic rings. The van der Waals surface area contributed by atoms with Crippen LogP contribution in [0.5, 0.6) is 0 Å². The van der Waals surface area contributed by atoms with Crippen LogP contribution in [-0.4, -0.2) is 38.8 Å². The summed E-state index contributed by atoms with van der Waals surface area (Å²) < 4.78 is 6.09. The summed E-state index contributed by atoms with van der Waals surface area (Å²) in [6.07, 6.45) is 0.733. The lowest BCUT2D eigenvalue weighted by Gasteiger charge is -2.33. The van der Waals surface area contributed by atoms with E-state index in [2.05, 4.69) is 16.0 Å². The van der Waals surface area contributed by atoms with Gasteiger partial charge in [-0.3, -0.25) is 0 Å². The van der Waals surface area contributed by atoms with Gasteiger partial charge < -0.3 is 20.7 Å². The van der Waals surface area contributed by atoms with Crippen molar-refractivity contribution in [2.75, 3.05) is 32.8 Å². The lowest BCUT2D eigenvalue weighted by molar-refractivity contribution is -0.0398. The van der Waals surface area contributed by atoms with Crippen molar-refractivity contribution in [3.05, 3.63) is 33.8 Å². The Morgan fingerprint density at radius 2 is 2.14 bits per heavy atom. The summed E-state index contributed by atoms with van der Waals surface area (Å²) in [5.41, 5.74) is 0.311. The van der Waals surface area contributed by atoms with Crippen molar-refractivity contribution < 1.29 is 9.53 Å². The van der Waals surface area contributed by atoms with Crippen molar-refractivity contribution in [3.63, 3.8) is 0 Å². The van der Waals surface area contributed by atoms with E-state index in [9.17, 15) is 4.79 Å². The van der Waals surface area contributed by atoms with Gasteiger partial charge >= 0.3 is 6.03 Å². The molecule has 0 radical (unpaired) electrons. The molecule has 1 aromatic carbocycles. The molecule has 2 rings (SSSR count). The first-order valence-electron chi connectivity index (χ1n) is 7.39. The number of amides is 2. The molecule has 0 saturated carbocycles. The van der Waals surface area contributed by atoms with Gasteiger partial charge in [-0.1, -0.05) is 29.3 Å². The van der Waals surface area contributed by atoms with E-state index in [0.717, 1.165) is 25.1 Å². The molecule has 0 spiro atoms. The largest absolute Gasteiger partial charge is 0.367 e. The van der Waals surface area contributed by atoms with Gasteiger partial charge in [0.15, 0.2) is 0 Å². The molecule has 0 bridgehead atoms. The molecule has 1 aliphatic heterocycles. The second-order valence-electron chi connectivity index (χ2n) is 5.18. The van der Waals surface area contributed by atoms with E-state index in [-0.39, 0.29) is 6.03 Å². The van der Waals surface area contributed by atoms with E-state index in [4.69, 9.17) is 27.9 Å². The Morgan fingerprint density at radius 3 is 2.86 bits per heavy atom. The topological polar surface area (TPSA) is 62.4 Å². The van der Waals surface area contributed by atoms with E-state index in [1.54, 1.807) is 6.07 Å². The minimum Gasteiger partial charge on any atom is -0.367 e. The van der Waals surface area contributed by atoms with E-state index in [1.165, 1.54) is 0 Å². The fourth-order valence-corrected chi connectivity index (χ4v) is 2.80. The molecule has 1 unspecified atom stereocenters. The maximum atomic E-state index is 11.7. The first-order valence-corrected chi connectivity index (χ1v) is 8.15. The molecule has 0 aromatic heterocycles. The van der Waals surface area contributed by atoms with Gasteiger partial charge in [0.2, 0.25) is 0 Å². The number of halogens is 2. The quantitative estimate of drug-likeness (QED) is 0.785. The second kappa shape index (κ2) is 8.02. The minimum atomic E-state index is -0.608. The molecule has 0 aliphatic carbocycles. The van der Waals surface area contributed by atoms with Gasteiger partial charge in [0.25, 0.3) is 0 Å². The van der Waals surface area contributed by atoms with Crippen LogP contribution in [0.15, 0.2) is 18.2 Å². The normalized spacial score (nSPS) is 22.0. The van der Waals surface area contributed by atoms with Gasteiger partial charge in [-0.2, -0.15) is 0 Å². The van der Waals surface area contributed by atoms with Gasteiger partial charge in [-0.05, 0) is 37.6 Å². The van der Waals surface area contributed by atoms with Crippen LogP contribution in [0.2, 0.25) is 10.0 Å². The van der Waals surface area contributed by atoms with E-state index < -0.39 is 5.60 Å². The highest BCUT2D eigenvalue weighted by molar-refractivity contribution is 6.42. The second-order valence-corrected chi connectivity index (χ2v) is 6.00. The van der Waals surface area contributed by atoms with Crippen molar-refractivity contribution in [1.29, 1.82) is 0 Å². The number of benzene rings is 1. The van der Waals surface area contributed by atoms with Gasteiger partial charge in [-0.25, -0.2) is 4.79 Å². The number of hydrogen-bond acceptors (Lipinski definition) is 3. The standard InChI is InChI=1S/C15H21Cl2N3O2/c1-2-19-14(21)20-10-15(5-6-18-7-8-22-15)11-3-4-12(16)13(17)9-11/h3-4,9,18H,2,5-8,10H2,1H3,(H2,19,20,21). The highest BCUT2D eigenvalue weighted by Crippen LogP contribution is 2.34. The Labute approximate surface area is 140 Å². The van der Waals surface area contributed by atoms with Gasteiger partial charge in [0, 0.05) is 13.1 Å². The summed E-state index contributed by atoms with van der Waals surface area (Å²) in [7, 11) is 0. The number of carbonyl (C=O) groups is 1. The predicted octanol–water partition coefficient (Wildman–Crippen LogP) is 2.52. The van der Waals surface area contributed by atoms with Gasteiger partial charge in [0.05, 0.1) is 23.2 Å². The van der Waals surface area contributed by atoms with Crippen LogP contribution in [0.25, 0.3) is 0 Å². The van der Waals surface area contributed by atoms with Crippen molar-refractivity contribution >= 4 is 29.2 Å². The lowest BCUT2D eigenvalue weighted by Crippen LogP contribution is -2.46. The fraction of sp³-hybridized carbons (Fsp3) is 0.533.